The Kier molecular flexibility index (Phi) is 4.22. The number of amides is 1. The maximum absolute atomic E-state index is 12.0. The van der Waals surface area contributed by atoms with Gasteiger partial charge < -0.3 is 10.1 Å². The van der Waals surface area contributed by atoms with Gasteiger partial charge in [-0.3, -0.25) is 4.79 Å². The Labute approximate surface area is 123 Å². The van der Waals surface area contributed by atoms with E-state index in [0.29, 0.717) is 11.3 Å². The van der Waals surface area contributed by atoms with Crippen molar-refractivity contribution in [2.24, 2.45) is 0 Å². The summed E-state index contributed by atoms with van der Waals surface area (Å²) < 4.78 is 39.8. The van der Waals surface area contributed by atoms with Crippen LogP contribution in [-0.4, -0.2) is 12.3 Å². The first-order valence-corrected chi connectivity index (χ1v) is 6.86. The van der Waals surface area contributed by atoms with Crippen LogP contribution in [0.25, 0.3) is 0 Å². The van der Waals surface area contributed by atoms with Crippen molar-refractivity contribution in [3.8, 4) is 5.75 Å². The number of carbonyl (C=O) groups excluding carboxylic acids is 1. The molecule has 0 aliphatic carbocycles. The highest BCUT2D eigenvalue weighted by Gasteiger charge is 2.30. The first-order chi connectivity index (χ1) is 9.76. The highest BCUT2D eigenvalue weighted by Crippen LogP contribution is 2.25. The molecule has 0 aliphatic rings. The summed E-state index contributed by atoms with van der Waals surface area (Å²) >= 11 is 1.47. The van der Waals surface area contributed by atoms with Crippen molar-refractivity contribution in [3.63, 3.8) is 0 Å². The summed E-state index contributed by atoms with van der Waals surface area (Å²) in [6.45, 7) is 3.76. The van der Waals surface area contributed by atoms with E-state index in [2.05, 4.69) is 10.1 Å². The number of anilines is 1. The number of ether oxygens (including phenoxy) is 1. The molecule has 0 radical (unpaired) electrons. The normalized spacial score (nSPS) is 11.3. The van der Waals surface area contributed by atoms with Crippen LogP contribution >= 0.6 is 11.3 Å². The highest BCUT2D eigenvalue weighted by molar-refractivity contribution is 7.10. The Morgan fingerprint density at radius 1 is 1.19 bits per heavy atom. The molecule has 2 aromatic rings. The Balaban J connectivity index is 2.07. The molecule has 1 N–H and O–H groups in total. The standard InChI is InChI=1S/C14H12F3NO2S/c1-8-9(2)21-7-12(8)13(19)18-10-3-5-11(6-4-10)20-14(15,16)17/h3-7H,1-2H3,(H,18,19). The van der Waals surface area contributed by atoms with Crippen LogP contribution in [-0.2, 0) is 0 Å². The van der Waals surface area contributed by atoms with Gasteiger partial charge in [-0.25, -0.2) is 0 Å². The zero-order chi connectivity index (χ0) is 15.6. The van der Waals surface area contributed by atoms with Crippen LogP contribution in [0.4, 0.5) is 18.9 Å². The lowest BCUT2D eigenvalue weighted by atomic mass is 10.1. The number of aryl methyl sites for hydroxylation is 1. The maximum atomic E-state index is 12.0. The zero-order valence-electron chi connectivity index (χ0n) is 11.2. The number of hydrogen-bond acceptors (Lipinski definition) is 3. The lowest BCUT2D eigenvalue weighted by Gasteiger charge is -2.10. The molecule has 7 heteroatoms. The summed E-state index contributed by atoms with van der Waals surface area (Å²) in [7, 11) is 0. The predicted molar refractivity (Wildman–Crippen MR) is 74.9 cm³/mol. The van der Waals surface area contributed by atoms with Crippen molar-refractivity contribution < 1.29 is 22.7 Å². The molecule has 2 rings (SSSR count). The van der Waals surface area contributed by atoms with E-state index < -0.39 is 6.36 Å². The molecule has 3 nitrogen and oxygen atoms in total. The molecule has 1 heterocycles. The monoisotopic (exact) mass is 315 g/mol. The Morgan fingerprint density at radius 2 is 1.81 bits per heavy atom. The van der Waals surface area contributed by atoms with Gasteiger partial charge in [-0.2, -0.15) is 0 Å². The molecule has 0 aliphatic heterocycles. The van der Waals surface area contributed by atoms with Crippen molar-refractivity contribution in [1.82, 2.24) is 0 Å². The van der Waals surface area contributed by atoms with E-state index in [-0.39, 0.29) is 11.7 Å². The first kappa shape index (κ1) is 15.4. The van der Waals surface area contributed by atoms with Crippen molar-refractivity contribution in [2.45, 2.75) is 20.2 Å². The Bertz CT molecular complexity index is 647. The minimum Gasteiger partial charge on any atom is -0.406 e. The number of thiophene rings is 1. The number of hydrogen-bond donors (Lipinski definition) is 1. The third-order valence-electron chi connectivity index (χ3n) is 2.88. The van der Waals surface area contributed by atoms with Crippen LogP contribution in [0.15, 0.2) is 29.6 Å². The lowest BCUT2D eigenvalue weighted by Crippen LogP contribution is -2.17. The van der Waals surface area contributed by atoms with Crippen molar-refractivity contribution in [1.29, 1.82) is 0 Å². The van der Waals surface area contributed by atoms with Gasteiger partial charge in [-0.15, -0.1) is 24.5 Å². The van der Waals surface area contributed by atoms with E-state index in [4.69, 9.17) is 0 Å². The van der Waals surface area contributed by atoms with Gasteiger partial charge in [-0.1, -0.05) is 0 Å². The van der Waals surface area contributed by atoms with Gasteiger partial charge >= 0.3 is 6.36 Å². The van der Waals surface area contributed by atoms with Crippen LogP contribution in [0.2, 0.25) is 0 Å². The third-order valence-corrected chi connectivity index (χ3v) is 3.89. The van der Waals surface area contributed by atoms with Gasteiger partial charge in [0.05, 0.1) is 5.56 Å². The van der Waals surface area contributed by atoms with Gasteiger partial charge in [0, 0.05) is 15.9 Å². The number of rotatable bonds is 3. The molecular weight excluding hydrogens is 303 g/mol. The molecule has 1 aromatic heterocycles. The fraction of sp³-hybridized carbons (Fsp3) is 0.214. The Morgan fingerprint density at radius 3 is 2.29 bits per heavy atom. The number of nitrogens with one attached hydrogen (secondary N) is 1. The minimum atomic E-state index is -4.73. The molecule has 112 valence electrons. The molecular formula is C14H12F3NO2S. The average Bonchev–Trinajstić information content (AvgIpc) is 2.71. The van der Waals surface area contributed by atoms with Crippen molar-refractivity contribution in [3.05, 3.63) is 45.6 Å². The molecule has 0 saturated heterocycles. The van der Waals surface area contributed by atoms with Crippen LogP contribution < -0.4 is 10.1 Å². The van der Waals surface area contributed by atoms with Gasteiger partial charge in [0.2, 0.25) is 0 Å². The van der Waals surface area contributed by atoms with E-state index in [1.807, 2.05) is 13.8 Å². The molecule has 0 atom stereocenters. The van der Waals surface area contributed by atoms with Crippen LogP contribution in [0, 0.1) is 13.8 Å². The summed E-state index contributed by atoms with van der Waals surface area (Å²) in [4.78, 5) is 13.1. The molecule has 0 unspecified atom stereocenters. The fourth-order valence-corrected chi connectivity index (χ4v) is 2.54. The van der Waals surface area contributed by atoms with Crippen LogP contribution in [0.5, 0.6) is 5.75 Å². The van der Waals surface area contributed by atoms with Crippen molar-refractivity contribution >= 4 is 22.9 Å². The van der Waals surface area contributed by atoms with E-state index >= 15 is 0 Å². The number of benzene rings is 1. The second kappa shape index (κ2) is 5.77. The van der Waals surface area contributed by atoms with E-state index in [1.54, 1.807) is 5.38 Å². The molecule has 0 spiro atoms. The van der Waals surface area contributed by atoms with E-state index in [1.165, 1.54) is 23.5 Å². The number of carbonyl (C=O) groups is 1. The van der Waals surface area contributed by atoms with Gasteiger partial charge in [0.1, 0.15) is 5.75 Å². The highest BCUT2D eigenvalue weighted by atomic mass is 32.1. The topological polar surface area (TPSA) is 38.3 Å². The summed E-state index contributed by atoms with van der Waals surface area (Å²) in [6.07, 6.45) is -4.73. The second-order valence-electron chi connectivity index (χ2n) is 4.36. The summed E-state index contributed by atoms with van der Waals surface area (Å²) in [6, 6.07) is 5.00. The van der Waals surface area contributed by atoms with Crippen LogP contribution in [0.3, 0.4) is 0 Å². The SMILES string of the molecule is Cc1scc(C(=O)Nc2ccc(OC(F)(F)F)cc2)c1C. The summed E-state index contributed by atoms with van der Waals surface area (Å²) in [5.74, 6) is -0.621. The molecule has 0 fully saturated rings. The fourth-order valence-electron chi connectivity index (χ4n) is 1.68. The van der Waals surface area contributed by atoms with Gasteiger partial charge in [-0.05, 0) is 43.7 Å². The summed E-state index contributed by atoms with van der Waals surface area (Å²) in [5.41, 5.74) is 1.86. The van der Waals surface area contributed by atoms with Gasteiger partial charge in [0.25, 0.3) is 5.91 Å². The first-order valence-electron chi connectivity index (χ1n) is 5.98. The second-order valence-corrected chi connectivity index (χ2v) is 5.44. The van der Waals surface area contributed by atoms with Gasteiger partial charge in [0.15, 0.2) is 0 Å². The quantitative estimate of drug-likeness (QED) is 0.904. The smallest absolute Gasteiger partial charge is 0.406 e. The largest absolute Gasteiger partial charge is 0.573 e. The van der Waals surface area contributed by atoms with Crippen molar-refractivity contribution in [2.75, 3.05) is 5.32 Å². The summed E-state index contributed by atoms with van der Waals surface area (Å²) in [5, 5.41) is 4.38. The third kappa shape index (κ3) is 3.98. The molecule has 1 amide bonds. The average molecular weight is 315 g/mol. The zero-order valence-corrected chi connectivity index (χ0v) is 12.1. The predicted octanol–water partition coefficient (Wildman–Crippen LogP) is 4.52. The lowest BCUT2D eigenvalue weighted by molar-refractivity contribution is -0.274. The van der Waals surface area contributed by atoms with E-state index in [0.717, 1.165) is 22.6 Å². The molecule has 21 heavy (non-hydrogen) atoms. The molecule has 0 saturated carbocycles. The molecule has 1 aromatic carbocycles. The number of alkyl halides is 3. The molecule has 0 bridgehead atoms. The minimum absolute atomic E-state index is 0.290. The van der Waals surface area contributed by atoms with Crippen LogP contribution in [0.1, 0.15) is 20.8 Å². The van der Waals surface area contributed by atoms with E-state index in [9.17, 15) is 18.0 Å². The Hall–Kier alpha value is -2.02. The number of halogens is 3. The maximum Gasteiger partial charge on any atom is 0.573 e.